The van der Waals surface area contributed by atoms with Crippen molar-refractivity contribution in [2.45, 2.75) is 93.9 Å². The molecule has 4 heteroatoms. The number of carbonyl (C=O) groups excluding carboxylic acids is 1. The van der Waals surface area contributed by atoms with Crippen LogP contribution >= 0.6 is 0 Å². The van der Waals surface area contributed by atoms with Gasteiger partial charge in [0.1, 0.15) is 6.29 Å². The summed E-state index contributed by atoms with van der Waals surface area (Å²) in [5.74, 6) is 0.233. The predicted molar refractivity (Wildman–Crippen MR) is 191 cm³/mol. The van der Waals surface area contributed by atoms with Gasteiger partial charge in [0.05, 0.1) is 0 Å². The Morgan fingerprint density at radius 1 is 1.05 bits per heavy atom. The third-order valence-corrected chi connectivity index (χ3v) is 9.53. The number of carbonyl (C=O) groups is 1. The summed E-state index contributed by atoms with van der Waals surface area (Å²) >= 11 is 0. The molecule has 0 aliphatic carbocycles. The van der Waals surface area contributed by atoms with E-state index < -0.39 is 0 Å². The van der Waals surface area contributed by atoms with Gasteiger partial charge in [0.2, 0.25) is 0 Å². The number of H-pyrrole nitrogens is 2. The van der Waals surface area contributed by atoms with Gasteiger partial charge in [0.15, 0.2) is 0 Å². The molecule has 2 aromatic rings. The number of nitrogens with one attached hydrogen (secondary N) is 3. The molecule has 1 unspecified atom stereocenters. The average molecular weight is 592 g/mol. The average Bonchev–Trinajstić information content (AvgIpc) is 3.47. The van der Waals surface area contributed by atoms with Crippen LogP contribution in [0, 0.1) is 31.1 Å². The highest BCUT2D eigenvalue weighted by Crippen LogP contribution is 2.33. The molecule has 0 spiro atoms. The highest BCUT2D eigenvalue weighted by molar-refractivity contribution is 5.93. The molecule has 2 aromatic heterocycles. The van der Waals surface area contributed by atoms with E-state index >= 15 is 0 Å². The van der Waals surface area contributed by atoms with E-state index in [-0.39, 0.29) is 11.8 Å². The second-order valence-corrected chi connectivity index (χ2v) is 12.5. The first-order chi connectivity index (χ1) is 20.9. The first-order valence-corrected chi connectivity index (χ1v) is 16.1. The summed E-state index contributed by atoms with van der Waals surface area (Å²) in [7, 11) is 0. The summed E-state index contributed by atoms with van der Waals surface area (Å²) in [5.41, 5.74) is 14.2. The Balaban J connectivity index is 2.51. The number of allylic oxidation sites excluding steroid dienone is 8. The van der Waals surface area contributed by atoms with Crippen molar-refractivity contribution in [3.63, 3.8) is 0 Å². The molecular weight excluding hydrogens is 538 g/mol. The first kappa shape index (κ1) is 34.6. The van der Waals surface area contributed by atoms with Gasteiger partial charge in [0, 0.05) is 39.8 Å². The zero-order chi connectivity index (χ0) is 32.7. The van der Waals surface area contributed by atoms with E-state index in [1.807, 2.05) is 12.2 Å². The molecule has 0 aromatic carbocycles. The van der Waals surface area contributed by atoms with E-state index in [4.69, 9.17) is 5.41 Å². The van der Waals surface area contributed by atoms with Crippen LogP contribution < -0.4 is 10.7 Å². The van der Waals surface area contributed by atoms with Crippen LogP contribution in [0.5, 0.6) is 0 Å². The van der Waals surface area contributed by atoms with Gasteiger partial charge in [-0.3, -0.25) is 0 Å². The van der Waals surface area contributed by atoms with E-state index in [1.54, 1.807) is 0 Å². The van der Waals surface area contributed by atoms with Gasteiger partial charge >= 0.3 is 0 Å². The number of aromatic nitrogens is 2. The Morgan fingerprint density at radius 2 is 1.75 bits per heavy atom. The quantitative estimate of drug-likeness (QED) is 0.198. The standard InChI is InChI=1S/C40H53N3O/c1-12-25(6)20-35-28(9)32(16-15-19-44)22-33(41)21-26(7)27(8)31(13-2)17-18-36-29(10)34(14-3)38(42-36)23-37-30(11)39(24(4)5)40(35)43-37/h13,17-19,21,23,28,32,41-43H,2,4,6,12,14-16,20,22H2,1,3,5,7-11H3/b18-17?,26-21?,31-27?,37-23-,40-35-,41-33?/t28?,32-/m0/s1. The topological polar surface area (TPSA) is 72.5 Å². The van der Waals surface area contributed by atoms with Crippen molar-refractivity contribution in [1.82, 2.24) is 9.97 Å². The molecule has 2 atom stereocenters. The molecule has 44 heavy (non-hydrogen) atoms. The SMILES string of the molecule is C=CC1=C(C)C(C)=CC(=N)C[C@H](CCC=O)C(C)/C(CC(=C)CC)=c2\[nH]/c(c(C)c2C(=C)C)=C\c2[nH]c(c(C)c2CC)C=C1. The number of hydrogen-bond acceptors (Lipinski definition) is 2. The summed E-state index contributed by atoms with van der Waals surface area (Å²) in [5, 5.41) is 11.2. The third kappa shape index (κ3) is 7.59. The molecular formula is C40H53N3O. The maximum atomic E-state index is 11.6. The lowest BCUT2D eigenvalue weighted by Crippen LogP contribution is -2.25. The van der Waals surface area contributed by atoms with Crippen LogP contribution in [0.3, 0.4) is 0 Å². The lowest BCUT2D eigenvalue weighted by molar-refractivity contribution is -0.108. The summed E-state index contributed by atoms with van der Waals surface area (Å²) in [4.78, 5) is 19.1. The van der Waals surface area contributed by atoms with Crippen molar-refractivity contribution in [3.05, 3.63) is 105 Å². The molecule has 3 N–H and O–H groups in total. The van der Waals surface area contributed by atoms with Crippen LogP contribution in [-0.4, -0.2) is 22.0 Å². The summed E-state index contributed by atoms with van der Waals surface area (Å²) in [6, 6.07) is 0. The van der Waals surface area contributed by atoms with Crippen molar-refractivity contribution < 1.29 is 4.79 Å². The van der Waals surface area contributed by atoms with Crippen LogP contribution in [0.15, 0.2) is 60.3 Å². The fraction of sp³-hybridized carbons (Fsp3) is 0.400. The molecule has 0 saturated heterocycles. The van der Waals surface area contributed by atoms with Crippen molar-refractivity contribution in [1.29, 1.82) is 5.41 Å². The maximum absolute atomic E-state index is 11.6. The zero-order valence-electron chi connectivity index (χ0n) is 28.4. The van der Waals surface area contributed by atoms with Crippen LogP contribution in [0.25, 0.3) is 23.3 Å². The lowest BCUT2D eigenvalue weighted by Gasteiger charge is -2.27. The molecule has 1 aliphatic rings. The van der Waals surface area contributed by atoms with Crippen molar-refractivity contribution in [2.75, 3.05) is 0 Å². The van der Waals surface area contributed by atoms with Gasteiger partial charge in [-0.15, -0.1) is 0 Å². The fourth-order valence-electron chi connectivity index (χ4n) is 6.53. The Kier molecular flexibility index (Phi) is 11.9. The van der Waals surface area contributed by atoms with E-state index in [0.29, 0.717) is 18.6 Å². The lowest BCUT2D eigenvalue weighted by atomic mass is 9.78. The third-order valence-electron chi connectivity index (χ3n) is 9.53. The number of fused-ring (bicyclic) bond motifs is 4. The van der Waals surface area contributed by atoms with Crippen LogP contribution in [0.4, 0.5) is 0 Å². The zero-order valence-corrected chi connectivity index (χ0v) is 28.4. The number of rotatable bonds is 9. The minimum Gasteiger partial charge on any atom is -0.355 e. The molecule has 4 bridgehead atoms. The summed E-state index contributed by atoms with van der Waals surface area (Å²) in [6.45, 7) is 30.1. The molecule has 0 fully saturated rings. The smallest absolute Gasteiger partial charge is 0.120 e. The molecule has 3 rings (SSSR count). The van der Waals surface area contributed by atoms with Crippen LogP contribution in [0.2, 0.25) is 0 Å². The van der Waals surface area contributed by atoms with Gasteiger partial charge in [-0.25, -0.2) is 0 Å². The largest absolute Gasteiger partial charge is 0.355 e. The Morgan fingerprint density at radius 3 is 2.34 bits per heavy atom. The van der Waals surface area contributed by atoms with E-state index in [0.717, 1.165) is 81.9 Å². The number of aromatic amines is 2. The highest BCUT2D eigenvalue weighted by atomic mass is 16.1. The number of aldehydes is 1. The van der Waals surface area contributed by atoms with E-state index in [9.17, 15) is 4.79 Å². The van der Waals surface area contributed by atoms with Crippen molar-refractivity contribution in [2.24, 2.45) is 11.8 Å². The first-order valence-electron chi connectivity index (χ1n) is 16.1. The van der Waals surface area contributed by atoms with Gasteiger partial charge in [-0.05, 0) is 141 Å². The van der Waals surface area contributed by atoms with Crippen molar-refractivity contribution >= 4 is 35.3 Å². The van der Waals surface area contributed by atoms with E-state index in [2.05, 4.69) is 103 Å². The Labute approximate surface area is 265 Å². The molecule has 1 aliphatic heterocycles. The normalized spacial score (nSPS) is 20.0. The van der Waals surface area contributed by atoms with E-state index in [1.165, 1.54) is 27.8 Å². The second kappa shape index (κ2) is 15.2. The maximum Gasteiger partial charge on any atom is 0.120 e. The Bertz CT molecular complexity index is 1680. The van der Waals surface area contributed by atoms with Crippen molar-refractivity contribution in [3.8, 4) is 0 Å². The molecule has 0 saturated carbocycles. The predicted octanol–water partition coefficient (Wildman–Crippen LogP) is 9.01. The molecule has 234 valence electrons. The molecule has 3 heterocycles. The summed E-state index contributed by atoms with van der Waals surface area (Å²) in [6.07, 6.45) is 15.7. The summed E-state index contributed by atoms with van der Waals surface area (Å²) < 4.78 is 0. The second-order valence-electron chi connectivity index (χ2n) is 12.5. The highest BCUT2D eigenvalue weighted by Gasteiger charge is 2.25. The van der Waals surface area contributed by atoms with Crippen LogP contribution in [0.1, 0.15) is 107 Å². The monoisotopic (exact) mass is 591 g/mol. The van der Waals surface area contributed by atoms with Gasteiger partial charge in [-0.2, -0.15) is 0 Å². The molecule has 0 radical (unpaired) electrons. The fourth-order valence-corrected chi connectivity index (χ4v) is 6.53. The number of hydrogen-bond donors (Lipinski definition) is 3. The Hall–Kier alpha value is -3.92. The minimum atomic E-state index is 0.115. The molecule has 0 amide bonds. The van der Waals surface area contributed by atoms with Gasteiger partial charge in [-0.1, -0.05) is 58.2 Å². The molecule has 4 nitrogen and oxygen atoms in total. The van der Waals surface area contributed by atoms with Crippen LogP contribution in [-0.2, 0) is 11.2 Å². The van der Waals surface area contributed by atoms with Gasteiger partial charge < -0.3 is 20.2 Å². The minimum absolute atomic E-state index is 0.115. The van der Waals surface area contributed by atoms with Gasteiger partial charge in [0.25, 0.3) is 0 Å².